The molecule has 3 N–H and O–H groups in total. The van der Waals surface area contributed by atoms with E-state index in [1.807, 2.05) is 0 Å². The van der Waals surface area contributed by atoms with Gasteiger partial charge in [-0.05, 0) is 51.4 Å². The number of rotatable bonds is 53. The van der Waals surface area contributed by atoms with Gasteiger partial charge in [0.2, 0.25) is 5.91 Å². The Labute approximate surface area is 416 Å². The zero-order chi connectivity index (χ0) is 48.8. The van der Waals surface area contributed by atoms with E-state index in [4.69, 9.17) is 4.74 Å². The second-order valence-electron chi connectivity index (χ2n) is 20.1. The van der Waals surface area contributed by atoms with Gasteiger partial charge in [-0.1, -0.05) is 288 Å². The summed E-state index contributed by atoms with van der Waals surface area (Å²) in [5.41, 5.74) is 0. The molecule has 0 spiro atoms. The smallest absolute Gasteiger partial charge is 0.306 e. The lowest BCUT2D eigenvalue weighted by molar-refractivity contribution is -0.151. The van der Waals surface area contributed by atoms with Crippen LogP contribution in [-0.2, 0) is 14.3 Å². The fourth-order valence-corrected chi connectivity index (χ4v) is 9.03. The maximum atomic E-state index is 13.3. The van der Waals surface area contributed by atoms with Gasteiger partial charge in [0, 0.05) is 6.42 Å². The summed E-state index contributed by atoms with van der Waals surface area (Å²) in [6.07, 6.45) is 67.5. The Morgan fingerprint density at radius 2 is 0.761 bits per heavy atom. The molecule has 0 aliphatic carbocycles. The molecule has 3 unspecified atom stereocenters. The van der Waals surface area contributed by atoms with Crippen molar-refractivity contribution in [3.63, 3.8) is 0 Å². The molecule has 1 amide bonds. The van der Waals surface area contributed by atoms with Crippen molar-refractivity contribution in [2.24, 2.45) is 0 Å². The number of aliphatic hydroxyl groups excluding tert-OH is 2. The van der Waals surface area contributed by atoms with Gasteiger partial charge in [-0.25, -0.2) is 0 Å². The van der Waals surface area contributed by atoms with Crippen LogP contribution >= 0.6 is 0 Å². The number of hydrogen-bond donors (Lipinski definition) is 3. The van der Waals surface area contributed by atoms with Crippen molar-refractivity contribution >= 4 is 11.9 Å². The Hall–Kier alpha value is -2.18. The van der Waals surface area contributed by atoms with Gasteiger partial charge >= 0.3 is 5.97 Å². The molecule has 0 aromatic carbocycles. The molecule has 0 aromatic heterocycles. The first-order valence-electron chi connectivity index (χ1n) is 29.4. The topological polar surface area (TPSA) is 95.9 Å². The van der Waals surface area contributed by atoms with Gasteiger partial charge in [0.05, 0.1) is 25.2 Å². The largest absolute Gasteiger partial charge is 0.462 e. The monoisotopic (exact) mass is 940 g/mol. The SMILES string of the molecule is CCCCC/C=C/C=C/C=C/C=C/CCCCCC(CC(=O)NC(CO)C(O)CCCCCCCCCCCCCCCCC)OC(=O)CCCCCCCCCCCCCCCCCCC. The Morgan fingerprint density at radius 3 is 1.18 bits per heavy atom. The highest BCUT2D eigenvalue weighted by atomic mass is 16.5. The number of esters is 1. The average molecular weight is 941 g/mol. The molecule has 0 aliphatic heterocycles. The van der Waals surface area contributed by atoms with E-state index in [-0.39, 0.29) is 24.9 Å². The third kappa shape index (κ3) is 50.0. The molecule has 0 rings (SSSR count). The second-order valence-corrected chi connectivity index (χ2v) is 20.1. The number of nitrogens with one attached hydrogen (secondary N) is 1. The van der Waals surface area contributed by atoms with E-state index in [1.165, 1.54) is 186 Å². The Morgan fingerprint density at radius 1 is 0.433 bits per heavy atom. The van der Waals surface area contributed by atoms with E-state index in [2.05, 4.69) is 74.7 Å². The fourth-order valence-electron chi connectivity index (χ4n) is 9.03. The van der Waals surface area contributed by atoms with Crippen LogP contribution in [0.25, 0.3) is 0 Å². The number of aliphatic hydroxyl groups is 2. The molecule has 3 atom stereocenters. The Balaban J connectivity index is 4.60. The van der Waals surface area contributed by atoms with Gasteiger partial charge < -0.3 is 20.3 Å². The predicted molar refractivity (Wildman–Crippen MR) is 292 cm³/mol. The van der Waals surface area contributed by atoms with Gasteiger partial charge in [-0.3, -0.25) is 9.59 Å². The van der Waals surface area contributed by atoms with E-state index < -0.39 is 18.2 Å². The third-order valence-electron chi connectivity index (χ3n) is 13.5. The van der Waals surface area contributed by atoms with Gasteiger partial charge in [-0.15, -0.1) is 0 Å². The minimum absolute atomic E-state index is 0.0547. The Kier molecular flexibility index (Phi) is 53.0. The van der Waals surface area contributed by atoms with Crippen molar-refractivity contribution in [3.8, 4) is 0 Å². The van der Waals surface area contributed by atoms with Crippen LogP contribution in [0.3, 0.4) is 0 Å². The molecular weight excluding hydrogens is 827 g/mol. The van der Waals surface area contributed by atoms with Crippen LogP contribution in [0, 0.1) is 0 Å². The molecule has 0 saturated heterocycles. The number of unbranched alkanes of at least 4 members (excludes halogenated alkanes) is 36. The number of hydrogen-bond acceptors (Lipinski definition) is 5. The number of carbonyl (C=O) groups excluding carboxylic acids is 2. The van der Waals surface area contributed by atoms with Gasteiger partial charge in [0.15, 0.2) is 0 Å². The van der Waals surface area contributed by atoms with Crippen molar-refractivity contribution in [1.29, 1.82) is 0 Å². The van der Waals surface area contributed by atoms with Crippen molar-refractivity contribution in [2.75, 3.05) is 6.61 Å². The summed E-state index contributed by atoms with van der Waals surface area (Å²) in [6, 6.07) is -0.714. The summed E-state index contributed by atoms with van der Waals surface area (Å²) < 4.78 is 5.95. The lowest BCUT2D eigenvalue weighted by atomic mass is 10.0. The molecule has 0 saturated carbocycles. The summed E-state index contributed by atoms with van der Waals surface area (Å²) >= 11 is 0. The molecule has 0 aliphatic rings. The third-order valence-corrected chi connectivity index (χ3v) is 13.5. The number of allylic oxidation sites excluding steroid dienone is 8. The van der Waals surface area contributed by atoms with Gasteiger partial charge in [0.1, 0.15) is 6.10 Å². The van der Waals surface area contributed by atoms with Gasteiger partial charge in [0.25, 0.3) is 0 Å². The molecule has 392 valence electrons. The highest BCUT2D eigenvalue weighted by Crippen LogP contribution is 2.18. The fraction of sp³-hybridized carbons (Fsp3) is 0.836. The predicted octanol–water partition coefficient (Wildman–Crippen LogP) is 18.2. The standard InChI is InChI=1S/C61H113NO5/c1-4-7-10-13-16-19-22-25-28-30-33-36-39-42-45-48-51-54-61(66)67-57(52-49-46-43-40-37-34-32-29-26-23-20-17-14-11-8-5-2)55-60(65)62-58(56-63)59(64)53-50-47-44-41-38-35-31-27-24-21-18-15-12-9-6-3/h17,20,23,26,29,32,34,37,57-59,63-64H,4-16,18-19,21-22,24-25,27-28,30-31,33,35-36,38-56H2,1-3H3,(H,62,65)/b20-17+,26-23+,32-29+,37-34+. The Bertz CT molecular complexity index is 1150. The zero-order valence-electron chi connectivity index (χ0n) is 44.8. The van der Waals surface area contributed by atoms with Crippen LogP contribution in [0.5, 0.6) is 0 Å². The molecular formula is C61H113NO5. The first-order chi connectivity index (χ1) is 33.0. The normalized spacial score (nSPS) is 13.4. The highest BCUT2D eigenvalue weighted by molar-refractivity contribution is 5.77. The summed E-state index contributed by atoms with van der Waals surface area (Å²) in [4.78, 5) is 26.3. The molecule has 6 nitrogen and oxygen atoms in total. The maximum Gasteiger partial charge on any atom is 0.306 e. The average Bonchev–Trinajstić information content (AvgIpc) is 3.32. The molecule has 0 radical (unpaired) electrons. The first-order valence-corrected chi connectivity index (χ1v) is 29.4. The number of amides is 1. The van der Waals surface area contributed by atoms with Crippen molar-refractivity contribution in [1.82, 2.24) is 5.32 Å². The first kappa shape index (κ1) is 64.8. The van der Waals surface area contributed by atoms with E-state index in [0.29, 0.717) is 19.3 Å². The molecule has 6 heteroatoms. The van der Waals surface area contributed by atoms with Crippen LogP contribution < -0.4 is 5.32 Å². The molecule has 0 bridgehead atoms. The van der Waals surface area contributed by atoms with E-state index in [0.717, 1.165) is 70.6 Å². The van der Waals surface area contributed by atoms with E-state index in [1.54, 1.807) is 0 Å². The summed E-state index contributed by atoms with van der Waals surface area (Å²) in [6.45, 7) is 6.47. The minimum atomic E-state index is -0.798. The van der Waals surface area contributed by atoms with Crippen LogP contribution in [0.1, 0.15) is 303 Å². The quantitative estimate of drug-likeness (QED) is 0.0321. The minimum Gasteiger partial charge on any atom is -0.462 e. The zero-order valence-corrected chi connectivity index (χ0v) is 44.8. The van der Waals surface area contributed by atoms with Crippen molar-refractivity contribution in [2.45, 2.75) is 322 Å². The maximum absolute atomic E-state index is 13.3. The van der Waals surface area contributed by atoms with Crippen LogP contribution in [-0.4, -0.2) is 46.9 Å². The highest BCUT2D eigenvalue weighted by Gasteiger charge is 2.24. The second kappa shape index (κ2) is 54.8. The van der Waals surface area contributed by atoms with E-state index >= 15 is 0 Å². The van der Waals surface area contributed by atoms with Gasteiger partial charge in [-0.2, -0.15) is 0 Å². The van der Waals surface area contributed by atoms with Crippen LogP contribution in [0.4, 0.5) is 0 Å². The number of carbonyl (C=O) groups is 2. The number of ether oxygens (including phenoxy) is 1. The summed E-state index contributed by atoms with van der Waals surface area (Å²) in [7, 11) is 0. The molecule has 67 heavy (non-hydrogen) atoms. The molecule has 0 aromatic rings. The van der Waals surface area contributed by atoms with Crippen LogP contribution in [0.2, 0.25) is 0 Å². The lowest BCUT2D eigenvalue weighted by Crippen LogP contribution is -2.46. The summed E-state index contributed by atoms with van der Waals surface area (Å²) in [5.74, 6) is -0.498. The molecule has 0 fully saturated rings. The molecule has 0 heterocycles. The van der Waals surface area contributed by atoms with Crippen LogP contribution in [0.15, 0.2) is 48.6 Å². The lowest BCUT2D eigenvalue weighted by Gasteiger charge is -2.24. The van der Waals surface area contributed by atoms with Crippen molar-refractivity contribution in [3.05, 3.63) is 48.6 Å². The van der Waals surface area contributed by atoms with E-state index in [9.17, 15) is 19.8 Å². The van der Waals surface area contributed by atoms with Crippen molar-refractivity contribution < 1.29 is 24.5 Å². The summed E-state index contributed by atoms with van der Waals surface area (Å²) in [5, 5.41) is 23.9.